The summed E-state index contributed by atoms with van der Waals surface area (Å²) < 4.78 is 34.8. The van der Waals surface area contributed by atoms with Crippen molar-refractivity contribution < 1.29 is 13.2 Å². The third-order valence-corrected chi connectivity index (χ3v) is 5.22. The van der Waals surface area contributed by atoms with E-state index in [9.17, 15) is 8.42 Å². The second kappa shape index (κ2) is 7.76. The SMILES string of the molecule is COc1ccc(-c2cn3cccnc3n2)cc1NS(=O)(=O)/C=C/c1ccccc1. The molecule has 0 aliphatic carbocycles. The summed E-state index contributed by atoms with van der Waals surface area (Å²) in [7, 11) is -2.25. The number of hydrogen-bond donors (Lipinski definition) is 1. The number of methoxy groups -OCH3 is 1. The molecule has 0 fully saturated rings. The van der Waals surface area contributed by atoms with E-state index in [-0.39, 0.29) is 0 Å². The van der Waals surface area contributed by atoms with Crippen molar-refractivity contribution in [3.05, 3.63) is 84.2 Å². The van der Waals surface area contributed by atoms with E-state index in [0.29, 0.717) is 22.9 Å². The smallest absolute Gasteiger partial charge is 0.255 e. The highest BCUT2D eigenvalue weighted by atomic mass is 32.2. The van der Waals surface area contributed by atoms with Gasteiger partial charge in [-0.3, -0.25) is 9.12 Å². The van der Waals surface area contributed by atoms with Crippen LogP contribution >= 0.6 is 0 Å². The van der Waals surface area contributed by atoms with Crippen LogP contribution in [0.1, 0.15) is 5.56 Å². The number of fused-ring (bicyclic) bond motifs is 1. The van der Waals surface area contributed by atoms with Gasteiger partial charge in [0.2, 0.25) is 5.78 Å². The highest BCUT2D eigenvalue weighted by molar-refractivity contribution is 7.95. The van der Waals surface area contributed by atoms with Crippen LogP contribution < -0.4 is 9.46 Å². The lowest BCUT2D eigenvalue weighted by atomic mass is 10.1. The summed E-state index contributed by atoms with van der Waals surface area (Å²) in [4.78, 5) is 8.67. The van der Waals surface area contributed by atoms with Gasteiger partial charge in [0.25, 0.3) is 10.0 Å². The van der Waals surface area contributed by atoms with Crippen LogP contribution in [0.4, 0.5) is 5.69 Å². The molecule has 0 aliphatic rings. The molecule has 2 heterocycles. The van der Waals surface area contributed by atoms with Gasteiger partial charge in [-0.05, 0) is 35.9 Å². The van der Waals surface area contributed by atoms with Crippen LogP contribution in [0.5, 0.6) is 5.75 Å². The molecule has 4 rings (SSSR count). The molecule has 2 aromatic carbocycles. The molecule has 0 bridgehead atoms. The van der Waals surface area contributed by atoms with E-state index < -0.39 is 10.0 Å². The number of nitrogens with one attached hydrogen (secondary N) is 1. The molecule has 0 spiro atoms. The van der Waals surface area contributed by atoms with Gasteiger partial charge in [0.15, 0.2) is 0 Å². The molecular weight excluding hydrogens is 388 g/mol. The Labute approximate surface area is 168 Å². The lowest BCUT2D eigenvalue weighted by molar-refractivity contribution is 0.417. The van der Waals surface area contributed by atoms with Crippen molar-refractivity contribution in [2.75, 3.05) is 11.8 Å². The molecule has 8 heteroatoms. The monoisotopic (exact) mass is 406 g/mol. The molecule has 0 unspecified atom stereocenters. The van der Waals surface area contributed by atoms with Gasteiger partial charge in [-0.15, -0.1) is 0 Å². The maximum absolute atomic E-state index is 12.5. The predicted octanol–water partition coefficient (Wildman–Crippen LogP) is 3.82. The highest BCUT2D eigenvalue weighted by Crippen LogP contribution is 2.31. The highest BCUT2D eigenvalue weighted by Gasteiger charge is 2.13. The summed E-state index contributed by atoms with van der Waals surface area (Å²) in [6, 6.07) is 16.2. The molecule has 0 radical (unpaired) electrons. The number of sulfonamides is 1. The Morgan fingerprint density at radius 1 is 1.10 bits per heavy atom. The fraction of sp³-hybridized carbons (Fsp3) is 0.0476. The third kappa shape index (κ3) is 4.27. The van der Waals surface area contributed by atoms with Gasteiger partial charge in [0.1, 0.15) is 5.75 Å². The molecule has 0 amide bonds. The van der Waals surface area contributed by atoms with Crippen molar-refractivity contribution in [3.63, 3.8) is 0 Å². The van der Waals surface area contributed by atoms with E-state index in [2.05, 4.69) is 14.7 Å². The van der Waals surface area contributed by atoms with Gasteiger partial charge in [0, 0.05) is 24.2 Å². The number of hydrogen-bond acceptors (Lipinski definition) is 5. The Morgan fingerprint density at radius 3 is 2.69 bits per heavy atom. The number of imidazole rings is 1. The number of ether oxygens (including phenoxy) is 1. The van der Waals surface area contributed by atoms with E-state index in [1.54, 1.807) is 22.7 Å². The van der Waals surface area contributed by atoms with E-state index in [1.807, 2.05) is 54.9 Å². The average molecular weight is 406 g/mol. The fourth-order valence-corrected chi connectivity index (χ4v) is 3.71. The molecule has 29 heavy (non-hydrogen) atoms. The lowest BCUT2D eigenvalue weighted by Crippen LogP contribution is -2.10. The fourth-order valence-electron chi connectivity index (χ4n) is 2.84. The quantitative estimate of drug-likeness (QED) is 0.526. The second-order valence-corrected chi connectivity index (χ2v) is 7.79. The third-order valence-electron chi connectivity index (χ3n) is 4.22. The summed E-state index contributed by atoms with van der Waals surface area (Å²) in [6.45, 7) is 0. The molecule has 0 saturated heterocycles. The summed E-state index contributed by atoms with van der Waals surface area (Å²) >= 11 is 0. The van der Waals surface area contributed by atoms with Crippen molar-refractivity contribution in [1.82, 2.24) is 14.4 Å². The molecule has 0 saturated carbocycles. The number of nitrogens with zero attached hydrogens (tertiary/aromatic N) is 3. The van der Waals surface area contributed by atoms with Gasteiger partial charge in [0.05, 0.1) is 23.9 Å². The van der Waals surface area contributed by atoms with Crippen molar-refractivity contribution in [1.29, 1.82) is 0 Å². The normalized spacial score (nSPS) is 11.8. The van der Waals surface area contributed by atoms with Crippen molar-refractivity contribution in [2.24, 2.45) is 0 Å². The van der Waals surface area contributed by atoms with Crippen LogP contribution in [0.25, 0.3) is 23.1 Å². The Hall–Kier alpha value is -3.65. The molecule has 146 valence electrons. The number of anilines is 1. The predicted molar refractivity (Wildman–Crippen MR) is 113 cm³/mol. The van der Waals surface area contributed by atoms with Crippen LogP contribution in [-0.4, -0.2) is 29.9 Å². The van der Waals surface area contributed by atoms with Gasteiger partial charge in [-0.2, -0.15) is 0 Å². The minimum absolute atomic E-state index is 0.327. The van der Waals surface area contributed by atoms with Gasteiger partial charge in [-0.1, -0.05) is 30.3 Å². The first-order chi connectivity index (χ1) is 14.0. The minimum atomic E-state index is -3.74. The number of benzene rings is 2. The van der Waals surface area contributed by atoms with Crippen LogP contribution in [-0.2, 0) is 10.0 Å². The average Bonchev–Trinajstić information content (AvgIpc) is 3.17. The van der Waals surface area contributed by atoms with Crippen LogP contribution in [0.3, 0.4) is 0 Å². The first-order valence-electron chi connectivity index (χ1n) is 8.78. The summed E-state index contributed by atoms with van der Waals surface area (Å²) in [5.41, 5.74) is 2.52. The topological polar surface area (TPSA) is 85.6 Å². The zero-order chi connectivity index (χ0) is 20.3. The minimum Gasteiger partial charge on any atom is -0.495 e. The molecular formula is C21H18N4O3S. The molecule has 7 nitrogen and oxygen atoms in total. The summed E-state index contributed by atoms with van der Waals surface area (Å²) in [5, 5.41) is 1.13. The van der Waals surface area contributed by atoms with Crippen molar-refractivity contribution in [3.8, 4) is 17.0 Å². The molecule has 0 atom stereocenters. The number of aromatic nitrogens is 3. The summed E-state index contributed by atoms with van der Waals surface area (Å²) in [5.74, 6) is 0.971. The lowest BCUT2D eigenvalue weighted by Gasteiger charge is -2.11. The molecule has 0 aliphatic heterocycles. The van der Waals surface area contributed by atoms with Gasteiger partial charge < -0.3 is 4.74 Å². The van der Waals surface area contributed by atoms with E-state index in [0.717, 1.165) is 16.5 Å². The van der Waals surface area contributed by atoms with Crippen LogP contribution in [0.2, 0.25) is 0 Å². The first kappa shape index (κ1) is 18.7. The van der Waals surface area contributed by atoms with E-state index >= 15 is 0 Å². The van der Waals surface area contributed by atoms with E-state index in [4.69, 9.17) is 4.74 Å². The first-order valence-corrected chi connectivity index (χ1v) is 10.3. The van der Waals surface area contributed by atoms with Crippen LogP contribution in [0.15, 0.2) is 78.6 Å². The Balaban J connectivity index is 1.65. The summed E-state index contributed by atoms with van der Waals surface area (Å²) in [6.07, 6.45) is 6.88. The largest absolute Gasteiger partial charge is 0.495 e. The maximum atomic E-state index is 12.5. The number of rotatable bonds is 6. The zero-order valence-electron chi connectivity index (χ0n) is 15.6. The zero-order valence-corrected chi connectivity index (χ0v) is 16.4. The van der Waals surface area contributed by atoms with Gasteiger partial charge >= 0.3 is 0 Å². The molecule has 2 aromatic heterocycles. The Bertz CT molecular complexity index is 1250. The van der Waals surface area contributed by atoms with Crippen LogP contribution in [0, 0.1) is 0 Å². The van der Waals surface area contributed by atoms with E-state index in [1.165, 1.54) is 13.2 Å². The molecule has 1 N–H and O–H groups in total. The van der Waals surface area contributed by atoms with Gasteiger partial charge in [-0.25, -0.2) is 18.4 Å². The van der Waals surface area contributed by atoms with Crippen molar-refractivity contribution >= 4 is 27.6 Å². The van der Waals surface area contributed by atoms with Crippen molar-refractivity contribution in [2.45, 2.75) is 0 Å². The molecule has 4 aromatic rings. The standard InChI is InChI=1S/C21H18N4O3S/c1-28-20-9-8-17(19-15-25-12-5-11-22-21(25)23-19)14-18(20)24-29(26,27)13-10-16-6-3-2-4-7-16/h2-15,24H,1H3/b13-10+. The Morgan fingerprint density at radius 2 is 1.93 bits per heavy atom. The maximum Gasteiger partial charge on any atom is 0.255 e. The second-order valence-electron chi connectivity index (χ2n) is 6.23. The Kier molecular flexibility index (Phi) is 5.01.